The van der Waals surface area contributed by atoms with Crippen LogP contribution in [-0.4, -0.2) is 11.8 Å². The van der Waals surface area contributed by atoms with Gasteiger partial charge in [-0.2, -0.15) is 0 Å². The van der Waals surface area contributed by atoms with Crippen LogP contribution < -0.4 is 5.32 Å². The van der Waals surface area contributed by atoms with Gasteiger partial charge < -0.3 is 5.32 Å². The Kier molecular flexibility index (Phi) is 1.83. The molecular formula is C11H13NO. The third-order valence-electron chi connectivity index (χ3n) is 2.37. The molecule has 2 heteroatoms. The van der Waals surface area contributed by atoms with Crippen LogP contribution in [0, 0.1) is 6.92 Å². The van der Waals surface area contributed by atoms with Crippen LogP contribution in [0.25, 0.3) is 0 Å². The highest BCUT2D eigenvalue weighted by atomic mass is 16.1. The van der Waals surface area contributed by atoms with Crippen molar-refractivity contribution in [3.63, 3.8) is 0 Å². The summed E-state index contributed by atoms with van der Waals surface area (Å²) in [5.74, 6) is 0.251. The molecule has 0 bridgehead atoms. The molecule has 1 aromatic rings. The van der Waals surface area contributed by atoms with Crippen LogP contribution in [0.5, 0.6) is 0 Å². The molecule has 2 rings (SSSR count). The molecule has 0 aromatic heterocycles. The number of hydrogen-bond donors (Lipinski definition) is 1. The molecule has 0 aliphatic carbocycles. The summed E-state index contributed by atoms with van der Waals surface area (Å²) in [6, 6.07) is 6.19. The molecule has 68 valence electrons. The van der Waals surface area contributed by atoms with Gasteiger partial charge in [0.2, 0.25) is 0 Å². The lowest BCUT2D eigenvalue weighted by Crippen LogP contribution is -2.26. The van der Waals surface area contributed by atoms with Gasteiger partial charge in [-0.3, -0.25) is 4.79 Å². The molecule has 1 aliphatic rings. The summed E-state index contributed by atoms with van der Waals surface area (Å²) in [5, 5.41) is 3.31. The minimum atomic E-state index is 0.251. The fourth-order valence-electron chi connectivity index (χ4n) is 1.73. The first-order chi connectivity index (χ1) is 6.16. The van der Waals surface area contributed by atoms with Gasteiger partial charge in [-0.1, -0.05) is 6.07 Å². The van der Waals surface area contributed by atoms with Gasteiger partial charge in [0.25, 0.3) is 0 Å². The lowest BCUT2D eigenvalue weighted by molar-refractivity contribution is 0.0974. The highest BCUT2D eigenvalue weighted by molar-refractivity contribution is 6.03. The third kappa shape index (κ3) is 1.44. The number of carbonyl (C=O) groups excluding carboxylic acids is 1. The summed E-state index contributed by atoms with van der Waals surface area (Å²) in [6.07, 6.45) is 0.607. The maximum Gasteiger partial charge on any atom is 0.166 e. The Labute approximate surface area is 78.0 Å². The maximum absolute atomic E-state index is 11.6. The number of Topliss-reactive ketones (excluding diaryl/α,β-unsaturated/α-hetero) is 1. The van der Waals surface area contributed by atoms with E-state index in [4.69, 9.17) is 0 Å². The standard InChI is InChI=1S/C11H13NO/c1-7-3-4-9-10(5-7)12-8(2)6-11(9)13/h3-5,8,12H,6H2,1-2H3. The molecule has 2 nitrogen and oxygen atoms in total. The predicted molar refractivity (Wildman–Crippen MR) is 53.2 cm³/mol. The molecule has 1 unspecified atom stereocenters. The van der Waals surface area contributed by atoms with Crippen molar-refractivity contribution in [3.05, 3.63) is 29.3 Å². The summed E-state index contributed by atoms with van der Waals surface area (Å²) >= 11 is 0. The van der Waals surface area contributed by atoms with Gasteiger partial charge in [-0.25, -0.2) is 0 Å². The zero-order valence-corrected chi connectivity index (χ0v) is 7.92. The molecule has 13 heavy (non-hydrogen) atoms. The minimum Gasteiger partial charge on any atom is -0.382 e. The van der Waals surface area contributed by atoms with Crippen molar-refractivity contribution in [3.8, 4) is 0 Å². The molecule has 1 atom stereocenters. The largest absolute Gasteiger partial charge is 0.382 e. The molecule has 1 aromatic carbocycles. The van der Waals surface area contributed by atoms with Gasteiger partial charge in [0.05, 0.1) is 0 Å². The molecule has 0 saturated heterocycles. The van der Waals surface area contributed by atoms with Crippen LogP contribution in [-0.2, 0) is 0 Å². The van der Waals surface area contributed by atoms with Crippen LogP contribution in [0.15, 0.2) is 18.2 Å². The third-order valence-corrected chi connectivity index (χ3v) is 2.37. The molecular weight excluding hydrogens is 162 g/mol. The summed E-state index contributed by atoms with van der Waals surface area (Å²) in [6.45, 7) is 4.06. The Balaban J connectivity index is 2.49. The Morgan fingerprint density at radius 2 is 2.23 bits per heavy atom. The van der Waals surface area contributed by atoms with E-state index in [1.165, 1.54) is 5.56 Å². The summed E-state index contributed by atoms with van der Waals surface area (Å²) in [4.78, 5) is 11.6. The second kappa shape index (κ2) is 2.87. The van der Waals surface area contributed by atoms with Crippen LogP contribution >= 0.6 is 0 Å². The monoisotopic (exact) mass is 175 g/mol. The molecule has 0 radical (unpaired) electrons. The number of ketones is 1. The molecule has 1 N–H and O–H groups in total. The van der Waals surface area contributed by atoms with E-state index >= 15 is 0 Å². The van der Waals surface area contributed by atoms with Gasteiger partial charge >= 0.3 is 0 Å². The van der Waals surface area contributed by atoms with Crippen molar-refractivity contribution < 1.29 is 4.79 Å². The van der Waals surface area contributed by atoms with E-state index < -0.39 is 0 Å². The molecule has 1 heterocycles. The molecule has 0 amide bonds. The lowest BCUT2D eigenvalue weighted by Gasteiger charge is -2.23. The van der Waals surface area contributed by atoms with Crippen molar-refractivity contribution in [2.24, 2.45) is 0 Å². The number of hydrogen-bond acceptors (Lipinski definition) is 2. The van der Waals surface area contributed by atoms with E-state index in [9.17, 15) is 4.79 Å². The van der Waals surface area contributed by atoms with Gasteiger partial charge in [0.15, 0.2) is 5.78 Å². The van der Waals surface area contributed by atoms with Crippen molar-refractivity contribution in [1.82, 2.24) is 0 Å². The van der Waals surface area contributed by atoms with Crippen molar-refractivity contribution in [1.29, 1.82) is 0 Å². The normalized spacial score (nSPS) is 20.8. The number of anilines is 1. The number of nitrogens with one attached hydrogen (secondary N) is 1. The molecule has 1 aliphatic heterocycles. The second-order valence-electron chi connectivity index (χ2n) is 3.72. The molecule has 0 fully saturated rings. The van der Waals surface area contributed by atoms with E-state index in [1.807, 2.05) is 32.0 Å². The first-order valence-corrected chi connectivity index (χ1v) is 4.57. The van der Waals surface area contributed by atoms with E-state index in [2.05, 4.69) is 5.32 Å². The average molecular weight is 175 g/mol. The lowest BCUT2D eigenvalue weighted by atomic mass is 9.96. The predicted octanol–water partition coefficient (Wildman–Crippen LogP) is 2.38. The number of rotatable bonds is 0. The fraction of sp³-hybridized carbons (Fsp3) is 0.364. The number of aryl methyl sites for hydroxylation is 1. The summed E-state index contributed by atoms with van der Waals surface area (Å²) in [7, 11) is 0. The van der Waals surface area contributed by atoms with Crippen LogP contribution in [0.3, 0.4) is 0 Å². The molecule has 0 saturated carbocycles. The Morgan fingerprint density at radius 3 is 3.00 bits per heavy atom. The maximum atomic E-state index is 11.6. The average Bonchev–Trinajstić information content (AvgIpc) is 2.02. The molecule has 0 spiro atoms. The topological polar surface area (TPSA) is 29.1 Å². The Hall–Kier alpha value is -1.31. The van der Waals surface area contributed by atoms with Gasteiger partial charge in [0.1, 0.15) is 0 Å². The number of fused-ring (bicyclic) bond motifs is 1. The Morgan fingerprint density at radius 1 is 1.46 bits per heavy atom. The quantitative estimate of drug-likeness (QED) is 0.656. The van der Waals surface area contributed by atoms with Gasteiger partial charge in [-0.15, -0.1) is 0 Å². The van der Waals surface area contributed by atoms with Crippen LogP contribution in [0.1, 0.15) is 29.3 Å². The first kappa shape index (κ1) is 8.30. The summed E-state index contributed by atoms with van der Waals surface area (Å²) in [5.41, 5.74) is 3.01. The van der Waals surface area contributed by atoms with E-state index in [-0.39, 0.29) is 11.8 Å². The zero-order chi connectivity index (χ0) is 9.42. The van der Waals surface area contributed by atoms with Gasteiger partial charge in [-0.05, 0) is 31.5 Å². The first-order valence-electron chi connectivity index (χ1n) is 4.57. The van der Waals surface area contributed by atoms with Crippen molar-refractivity contribution >= 4 is 11.5 Å². The van der Waals surface area contributed by atoms with Crippen molar-refractivity contribution in [2.75, 3.05) is 5.32 Å². The number of carbonyl (C=O) groups is 1. The smallest absolute Gasteiger partial charge is 0.166 e. The SMILES string of the molecule is Cc1ccc2c(c1)NC(C)CC2=O. The van der Waals surface area contributed by atoms with Gasteiger partial charge in [0, 0.05) is 23.7 Å². The fourth-order valence-corrected chi connectivity index (χ4v) is 1.73. The zero-order valence-electron chi connectivity index (χ0n) is 7.92. The van der Waals surface area contributed by atoms with Crippen LogP contribution in [0.4, 0.5) is 5.69 Å². The van der Waals surface area contributed by atoms with E-state index in [0.29, 0.717) is 6.42 Å². The van der Waals surface area contributed by atoms with E-state index in [0.717, 1.165) is 11.3 Å². The highest BCUT2D eigenvalue weighted by Crippen LogP contribution is 2.25. The summed E-state index contributed by atoms with van der Waals surface area (Å²) < 4.78 is 0. The van der Waals surface area contributed by atoms with E-state index in [1.54, 1.807) is 0 Å². The Bertz CT molecular complexity index is 357. The second-order valence-corrected chi connectivity index (χ2v) is 3.72. The highest BCUT2D eigenvalue weighted by Gasteiger charge is 2.20. The van der Waals surface area contributed by atoms with Crippen LogP contribution in [0.2, 0.25) is 0 Å². The van der Waals surface area contributed by atoms with Crippen molar-refractivity contribution in [2.45, 2.75) is 26.3 Å². The number of benzene rings is 1. The minimum absolute atomic E-state index is 0.251.